The zero-order chi connectivity index (χ0) is 17.4. The maximum Gasteiger partial charge on any atom is 0.193 e. The van der Waals surface area contributed by atoms with Crippen LogP contribution in [0.3, 0.4) is 0 Å². The summed E-state index contributed by atoms with van der Waals surface area (Å²) in [5.41, 5.74) is 4.25. The summed E-state index contributed by atoms with van der Waals surface area (Å²) in [6, 6.07) is 20.3. The van der Waals surface area contributed by atoms with Crippen LogP contribution in [-0.2, 0) is 0 Å². The van der Waals surface area contributed by atoms with Gasteiger partial charge in [-0.05, 0) is 60.2 Å². The zero-order valence-corrected chi connectivity index (χ0v) is 14.6. The Labute approximate surface area is 155 Å². The van der Waals surface area contributed by atoms with E-state index in [1.807, 2.05) is 48.7 Å². The Kier molecular flexibility index (Phi) is 4.08. The van der Waals surface area contributed by atoms with E-state index in [4.69, 9.17) is 23.2 Å². The van der Waals surface area contributed by atoms with Gasteiger partial charge in [-0.25, -0.2) is 0 Å². The van der Waals surface area contributed by atoms with E-state index in [0.29, 0.717) is 21.2 Å². The first-order valence-electron chi connectivity index (χ1n) is 7.79. The number of halogens is 2. The Hall–Kier alpha value is -2.55. The molecule has 0 aliphatic heterocycles. The number of hydrogen-bond acceptors (Lipinski definition) is 1. The minimum absolute atomic E-state index is 0.0307. The number of benzene rings is 3. The van der Waals surface area contributed by atoms with Crippen molar-refractivity contribution in [3.63, 3.8) is 0 Å². The molecule has 4 heteroatoms. The second-order valence-electron chi connectivity index (χ2n) is 5.81. The molecule has 4 rings (SSSR count). The predicted octanol–water partition coefficient (Wildman–Crippen LogP) is 6.37. The highest BCUT2D eigenvalue weighted by Gasteiger charge is 2.13. The molecule has 3 aromatic carbocycles. The van der Waals surface area contributed by atoms with Crippen molar-refractivity contribution in [2.24, 2.45) is 0 Å². The van der Waals surface area contributed by atoms with Crippen LogP contribution in [0.15, 0.2) is 72.9 Å². The highest BCUT2D eigenvalue weighted by Crippen LogP contribution is 2.31. The van der Waals surface area contributed by atoms with Gasteiger partial charge in [0.25, 0.3) is 0 Å². The molecule has 1 heterocycles. The summed E-state index contributed by atoms with van der Waals surface area (Å²) in [5.74, 6) is -0.0307. The molecule has 122 valence electrons. The Morgan fingerprint density at radius 3 is 2.32 bits per heavy atom. The van der Waals surface area contributed by atoms with Crippen molar-refractivity contribution in [3.05, 3.63) is 94.1 Å². The molecule has 2 nitrogen and oxygen atoms in total. The van der Waals surface area contributed by atoms with E-state index < -0.39 is 0 Å². The van der Waals surface area contributed by atoms with Crippen LogP contribution in [0.1, 0.15) is 15.9 Å². The van der Waals surface area contributed by atoms with Crippen molar-refractivity contribution >= 4 is 39.9 Å². The number of rotatable bonds is 3. The van der Waals surface area contributed by atoms with Gasteiger partial charge in [0.15, 0.2) is 5.78 Å². The molecule has 0 bridgehead atoms. The molecule has 0 saturated heterocycles. The first-order valence-corrected chi connectivity index (χ1v) is 8.55. The van der Waals surface area contributed by atoms with E-state index in [1.165, 1.54) is 0 Å². The average Bonchev–Trinajstić information content (AvgIpc) is 3.05. The smallest absolute Gasteiger partial charge is 0.193 e. The van der Waals surface area contributed by atoms with Crippen LogP contribution in [0.5, 0.6) is 0 Å². The molecule has 0 aliphatic carbocycles. The van der Waals surface area contributed by atoms with Crippen LogP contribution in [-0.4, -0.2) is 10.8 Å². The molecule has 0 spiro atoms. The number of aromatic amines is 1. The lowest BCUT2D eigenvalue weighted by Gasteiger charge is -2.04. The number of aromatic nitrogens is 1. The number of ketones is 1. The maximum absolute atomic E-state index is 12.8. The fraction of sp³-hybridized carbons (Fsp3) is 0. The van der Waals surface area contributed by atoms with Gasteiger partial charge in [0.2, 0.25) is 0 Å². The molecule has 25 heavy (non-hydrogen) atoms. The lowest BCUT2D eigenvalue weighted by molar-refractivity contribution is 0.103. The molecule has 0 unspecified atom stereocenters. The van der Waals surface area contributed by atoms with Crippen LogP contribution in [0.2, 0.25) is 10.0 Å². The Bertz CT molecular complexity index is 1080. The van der Waals surface area contributed by atoms with Crippen molar-refractivity contribution in [1.29, 1.82) is 0 Å². The topological polar surface area (TPSA) is 32.9 Å². The van der Waals surface area contributed by atoms with Crippen LogP contribution < -0.4 is 0 Å². The SMILES string of the molecule is O=C(c1ccc(Cl)cc1)c1ccc2[nH]cc(-c3cccc(Cl)c3)c2c1. The number of H-pyrrole nitrogens is 1. The lowest BCUT2D eigenvalue weighted by atomic mass is 9.99. The second kappa shape index (κ2) is 6.40. The summed E-state index contributed by atoms with van der Waals surface area (Å²) in [5, 5.41) is 2.28. The summed E-state index contributed by atoms with van der Waals surface area (Å²) in [6.07, 6.45) is 1.94. The first-order chi connectivity index (χ1) is 12.1. The molecular weight excluding hydrogens is 353 g/mol. The highest BCUT2D eigenvalue weighted by atomic mass is 35.5. The molecule has 1 N–H and O–H groups in total. The van der Waals surface area contributed by atoms with Gasteiger partial charge in [-0.2, -0.15) is 0 Å². The first kappa shape index (κ1) is 15.9. The summed E-state index contributed by atoms with van der Waals surface area (Å²) >= 11 is 12.0. The fourth-order valence-electron chi connectivity index (χ4n) is 2.92. The molecule has 4 aromatic rings. The van der Waals surface area contributed by atoms with E-state index in [1.54, 1.807) is 24.3 Å². The van der Waals surface area contributed by atoms with Gasteiger partial charge in [-0.1, -0.05) is 35.3 Å². The van der Waals surface area contributed by atoms with Gasteiger partial charge in [-0.15, -0.1) is 0 Å². The number of fused-ring (bicyclic) bond motifs is 1. The molecular formula is C21H13Cl2NO. The Morgan fingerprint density at radius 1 is 0.800 bits per heavy atom. The summed E-state index contributed by atoms with van der Waals surface area (Å²) < 4.78 is 0. The largest absolute Gasteiger partial charge is 0.361 e. The van der Waals surface area contributed by atoms with Crippen molar-refractivity contribution < 1.29 is 4.79 Å². The maximum atomic E-state index is 12.8. The average molecular weight is 366 g/mol. The zero-order valence-electron chi connectivity index (χ0n) is 13.1. The van der Waals surface area contributed by atoms with Crippen molar-refractivity contribution in [3.8, 4) is 11.1 Å². The summed E-state index contributed by atoms with van der Waals surface area (Å²) in [4.78, 5) is 16.0. The van der Waals surface area contributed by atoms with E-state index in [2.05, 4.69) is 4.98 Å². The van der Waals surface area contributed by atoms with E-state index in [-0.39, 0.29) is 5.78 Å². The molecule has 0 fully saturated rings. The summed E-state index contributed by atoms with van der Waals surface area (Å²) in [7, 11) is 0. The summed E-state index contributed by atoms with van der Waals surface area (Å²) in [6.45, 7) is 0. The highest BCUT2D eigenvalue weighted by molar-refractivity contribution is 6.31. The van der Waals surface area contributed by atoms with E-state index in [0.717, 1.165) is 22.0 Å². The monoisotopic (exact) mass is 365 g/mol. The van der Waals surface area contributed by atoms with Gasteiger partial charge < -0.3 is 4.98 Å². The molecule has 0 saturated carbocycles. The molecule has 0 atom stereocenters. The minimum atomic E-state index is -0.0307. The van der Waals surface area contributed by atoms with Crippen molar-refractivity contribution in [1.82, 2.24) is 4.98 Å². The van der Waals surface area contributed by atoms with E-state index >= 15 is 0 Å². The van der Waals surface area contributed by atoms with Gasteiger partial charge >= 0.3 is 0 Å². The van der Waals surface area contributed by atoms with Crippen LogP contribution in [0.4, 0.5) is 0 Å². The number of carbonyl (C=O) groups excluding carboxylic acids is 1. The second-order valence-corrected chi connectivity index (χ2v) is 6.68. The Morgan fingerprint density at radius 2 is 1.56 bits per heavy atom. The minimum Gasteiger partial charge on any atom is -0.361 e. The van der Waals surface area contributed by atoms with Crippen LogP contribution in [0, 0.1) is 0 Å². The Balaban J connectivity index is 1.81. The number of hydrogen-bond donors (Lipinski definition) is 1. The quantitative estimate of drug-likeness (QED) is 0.420. The third-order valence-electron chi connectivity index (χ3n) is 4.19. The third kappa shape index (κ3) is 3.07. The number of nitrogens with one attached hydrogen (secondary N) is 1. The molecule has 0 amide bonds. The van der Waals surface area contributed by atoms with Gasteiger partial charge in [0.1, 0.15) is 0 Å². The van der Waals surface area contributed by atoms with E-state index in [9.17, 15) is 4.79 Å². The van der Waals surface area contributed by atoms with Crippen molar-refractivity contribution in [2.75, 3.05) is 0 Å². The van der Waals surface area contributed by atoms with Gasteiger partial charge in [-0.3, -0.25) is 4.79 Å². The normalized spacial score (nSPS) is 11.0. The predicted molar refractivity (Wildman–Crippen MR) is 104 cm³/mol. The molecule has 0 radical (unpaired) electrons. The molecule has 1 aromatic heterocycles. The fourth-order valence-corrected chi connectivity index (χ4v) is 3.24. The van der Waals surface area contributed by atoms with Crippen molar-refractivity contribution in [2.45, 2.75) is 0 Å². The lowest BCUT2D eigenvalue weighted by Crippen LogP contribution is -2.00. The van der Waals surface area contributed by atoms with Crippen LogP contribution >= 0.6 is 23.2 Å². The third-order valence-corrected chi connectivity index (χ3v) is 4.67. The van der Waals surface area contributed by atoms with Gasteiger partial charge in [0.05, 0.1) is 0 Å². The van der Waals surface area contributed by atoms with Crippen LogP contribution in [0.25, 0.3) is 22.0 Å². The number of carbonyl (C=O) groups is 1. The van der Waals surface area contributed by atoms with Gasteiger partial charge in [0, 0.05) is 43.8 Å². The standard InChI is InChI=1S/C21H13Cl2NO/c22-16-7-4-13(5-8-16)21(25)15-6-9-20-18(11-15)19(12-24-20)14-2-1-3-17(23)10-14/h1-12,24H. The molecule has 0 aliphatic rings.